The molecule has 5 aromatic rings. The second kappa shape index (κ2) is 19.1. The minimum absolute atomic E-state index is 0.0710. The van der Waals surface area contributed by atoms with E-state index in [-0.39, 0.29) is 30.7 Å². The Morgan fingerprint density at radius 2 is 1.20 bits per heavy atom. The summed E-state index contributed by atoms with van der Waals surface area (Å²) >= 11 is 0. The van der Waals surface area contributed by atoms with E-state index in [1.807, 2.05) is 95.9 Å². The number of benzene rings is 5. The predicted octanol–water partition coefficient (Wildman–Crippen LogP) is 7.87. The van der Waals surface area contributed by atoms with Gasteiger partial charge in [0.25, 0.3) is 0 Å². The van der Waals surface area contributed by atoms with Crippen molar-refractivity contribution in [3.63, 3.8) is 0 Å². The highest BCUT2D eigenvalue weighted by Crippen LogP contribution is 2.39. The number of likely N-dealkylation sites (tertiary alicyclic amines) is 1. The SMILES string of the molecule is C=C(CO[SiH2]C(c1ccccc1)c1ccccc1)[C@@H]1[C@@H]([C@@H](C)OC(=O)OCc2ccccc2)C(=O)N1C(Cc1ccc(OC)cc1)Cc1ccc(OC)cc1. The van der Waals surface area contributed by atoms with E-state index in [4.69, 9.17) is 23.4 Å². The molecular formula is C46H49NO7Si. The van der Waals surface area contributed by atoms with Gasteiger partial charge in [0.2, 0.25) is 5.91 Å². The van der Waals surface area contributed by atoms with E-state index >= 15 is 0 Å². The summed E-state index contributed by atoms with van der Waals surface area (Å²) in [6.45, 7) is 6.63. The summed E-state index contributed by atoms with van der Waals surface area (Å²) in [5.41, 5.74) is 6.29. The highest BCUT2D eigenvalue weighted by Gasteiger charge is 2.54. The van der Waals surface area contributed by atoms with Gasteiger partial charge in [-0.25, -0.2) is 4.79 Å². The highest BCUT2D eigenvalue weighted by molar-refractivity contribution is 6.31. The molecule has 1 aliphatic rings. The van der Waals surface area contributed by atoms with Crippen molar-refractivity contribution in [1.29, 1.82) is 0 Å². The van der Waals surface area contributed by atoms with Crippen molar-refractivity contribution in [2.45, 2.75) is 50.1 Å². The van der Waals surface area contributed by atoms with Gasteiger partial charge in [0.1, 0.15) is 24.2 Å². The molecule has 1 aliphatic heterocycles. The third kappa shape index (κ3) is 10.1. The first kappa shape index (κ1) is 39.1. The summed E-state index contributed by atoms with van der Waals surface area (Å²) in [4.78, 5) is 29.3. The van der Waals surface area contributed by atoms with Crippen LogP contribution in [0.1, 0.15) is 40.3 Å². The van der Waals surface area contributed by atoms with Crippen molar-refractivity contribution in [3.05, 3.63) is 179 Å². The standard InChI is InChI=1S/C46H49NO7Si/c1-32(30-53-55-44(37-16-10-6-11-17-37)38-18-12-7-13-19-38)43-42(33(2)54-46(49)52-31-36-14-8-5-9-15-36)45(48)47(43)39(28-34-20-24-40(50-3)25-21-34)29-35-22-26-41(51-4)27-23-35/h5-27,33,39,42-44H,1,28-31,55H2,2-4H3/t33-,42-,43-/m1/s1. The molecule has 0 aliphatic carbocycles. The van der Waals surface area contributed by atoms with Crippen molar-refractivity contribution < 1.29 is 33.0 Å². The maximum atomic E-state index is 14.4. The van der Waals surface area contributed by atoms with Crippen LogP contribution in [0.4, 0.5) is 4.79 Å². The molecule has 1 amide bonds. The zero-order valence-corrected chi connectivity index (χ0v) is 33.1. The lowest BCUT2D eigenvalue weighted by Crippen LogP contribution is -2.69. The van der Waals surface area contributed by atoms with Gasteiger partial charge < -0.3 is 28.3 Å². The molecule has 3 atom stereocenters. The number of carbonyl (C=O) groups excluding carboxylic acids is 2. The van der Waals surface area contributed by atoms with Crippen LogP contribution in [0.15, 0.2) is 152 Å². The third-order valence-corrected chi connectivity index (χ3v) is 11.9. The number of carbonyl (C=O) groups is 2. The molecule has 0 radical (unpaired) electrons. The summed E-state index contributed by atoms with van der Waals surface area (Å²) < 4.78 is 28.7. The van der Waals surface area contributed by atoms with E-state index in [9.17, 15) is 9.59 Å². The second-order valence-corrected chi connectivity index (χ2v) is 15.4. The Kier molecular flexibility index (Phi) is 13.6. The molecule has 6 rings (SSSR count). The van der Waals surface area contributed by atoms with Gasteiger partial charge in [0, 0.05) is 11.6 Å². The summed E-state index contributed by atoms with van der Waals surface area (Å²) in [5.74, 6) is 0.760. The molecule has 0 unspecified atom stereocenters. The number of nitrogens with zero attached hydrogens (tertiary/aromatic N) is 1. The van der Waals surface area contributed by atoms with Crippen molar-refractivity contribution in [2.75, 3.05) is 20.8 Å². The van der Waals surface area contributed by atoms with Gasteiger partial charge >= 0.3 is 6.16 Å². The Balaban J connectivity index is 1.25. The van der Waals surface area contributed by atoms with Crippen LogP contribution < -0.4 is 9.47 Å². The molecule has 8 nitrogen and oxygen atoms in total. The minimum atomic E-state index is -1.17. The smallest absolute Gasteiger partial charge is 0.497 e. The first-order valence-corrected chi connectivity index (χ1v) is 20.0. The molecule has 5 aromatic carbocycles. The Morgan fingerprint density at radius 3 is 1.69 bits per heavy atom. The number of β-lactam (4-membered cyclic amide) rings is 1. The number of methoxy groups -OCH3 is 2. The zero-order chi connectivity index (χ0) is 38.6. The Bertz CT molecular complexity index is 1890. The first-order valence-electron chi connectivity index (χ1n) is 18.6. The molecule has 0 bridgehead atoms. The van der Waals surface area contributed by atoms with Crippen LogP contribution in [-0.4, -0.2) is 65.7 Å². The van der Waals surface area contributed by atoms with E-state index in [1.54, 1.807) is 21.1 Å². The van der Waals surface area contributed by atoms with Gasteiger partial charge in [-0.2, -0.15) is 0 Å². The van der Waals surface area contributed by atoms with Gasteiger partial charge in [0.05, 0.1) is 32.8 Å². The average molecular weight is 756 g/mol. The fourth-order valence-corrected chi connectivity index (χ4v) is 8.86. The van der Waals surface area contributed by atoms with Crippen molar-refractivity contribution in [3.8, 4) is 11.5 Å². The molecule has 55 heavy (non-hydrogen) atoms. The molecular weight excluding hydrogens is 707 g/mol. The Hall–Kier alpha value is -5.64. The summed E-state index contributed by atoms with van der Waals surface area (Å²) in [7, 11) is 2.12. The van der Waals surface area contributed by atoms with Gasteiger partial charge in [-0.3, -0.25) is 4.79 Å². The molecule has 284 valence electrons. The molecule has 0 saturated carbocycles. The molecule has 1 fully saturated rings. The molecule has 0 spiro atoms. The highest BCUT2D eigenvalue weighted by atomic mass is 28.2. The van der Waals surface area contributed by atoms with Crippen molar-refractivity contribution >= 4 is 21.8 Å². The predicted molar refractivity (Wildman–Crippen MR) is 217 cm³/mol. The summed E-state index contributed by atoms with van der Waals surface area (Å²) in [5, 5.41) is 0. The van der Waals surface area contributed by atoms with Gasteiger partial charge in [-0.15, -0.1) is 0 Å². The molecule has 0 N–H and O–H groups in total. The van der Waals surface area contributed by atoms with Crippen LogP contribution in [0, 0.1) is 5.92 Å². The van der Waals surface area contributed by atoms with Crippen LogP contribution in [0.3, 0.4) is 0 Å². The number of rotatable bonds is 18. The van der Waals surface area contributed by atoms with Gasteiger partial charge in [-0.05, 0) is 77.4 Å². The maximum Gasteiger partial charge on any atom is 0.508 e. The fourth-order valence-electron chi connectivity index (χ4n) is 7.31. The van der Waals surface area contributed by atoms with E-state index in [2.05, 4.69) is 55.1 Å². The van der Waals surface area contributed by atoms with E-state index in [1.165, 1.54) is 11.1 Å². The summed E-state index contributed by atoms with van der Waals surface area (Å²) in [6, 6.07) is 45.4. The lowest BCUT2D eigenvalue weighted by atomic mass is 9.76. The van der Waals surface area contributed by atoms with E-state index in [0.717, 1.165) is 33.8 Å². The van der Waals surface area contributed by atoms with Crippen molar-refractivity contribution in [2.24, 2.45) is 5.92 Å². The minimum Gasteiger partial charge on any atom is -0.497 e. The maximum absolute atomic E-state index is 14.4. The molecule has 0 aromatic heterocycles. The Labute approximate surface area is 326 Å². The normalized spacial score (nSPS) is 15.9. The number of hydrogen-bond donors (Lipinski definition) is 0. The topological polar surface area (TPSA) is 83.5 Å². The largest absolute Gasteiger partial charge is 0.508 e. The molecule has 1 saturated heterocycles. The number of ether oxygens (including phenoxy) is 4. The monoisotopic (exact) mass is 755 g/mol. The van der Waals surface area contributed by atoms with E-state index in [0.29, 0.717) is 12.8 Å². The molecule has 1 heterocycles. The van der Waals surface area contributed by atoms with Crippen LogP contribution in [-0.2, 0) is 38.1 Å². The number of hydrogen-bond acceptors (Lipinski definition) is 7. The van der Waals surface area contributed by atoms with Crippen LogP contribution in [0.25, 0.3) is 0 Å². The fraction of sp³-hybridized carbons (Fsp3) is 0.261. The lowest BCUT2D eigenvalue weighted by Gasteiger charge is -2.53. The lowest BCUT2D eigenvalue weighted by molar-refractivity contribution is -0.167. The zero-order valence-electron chi connectivity index (χ0n) is 31.7. The number of amides is 1. The quantitative estimate of drug-likeness (QED) is 0.0390. The average Bonchev–Trinajstić information content (AvgIpc) is 3.22. The van der Waals surface area contributed by atoms with Crippen LogP contribution >= 0.6 is 0 Å². The van der Waals surface area contributed by atoms with E-state index < -0.39 is 34.0 Å². The first-order chi connectivity index (χ1) is 26.8. The third-order valence-electron chi connectivity index (χ3n) is 10.2. The Morgan fingerprint density at radius 1 is 0.709 bits per heavy atom. The van der Waals surface area contributed by atoms with Crippen molar-refractivity contribution in [1.82, 2.24) is 4.90 Å². The molecule has 9 heteroatoms. The summed E-state index contributed by atoms with van der Waals surface area (Å²) in [6.07, 6.45) is -0.411. The van der Waals surface area contributed by atoms with Crippen LogP contribution in [0.5, 0.6) is 11.5 Å². The van der Waals surface area contributed by atoms with Crippen LogP contribution in [0.2, 0.25) is 0 Å². The van der Waals surface area contributed by atoms with Gasteiger partial charge in [0.15, 0.2) is 9.76 Å². The van der Waals surface area contributed by atoms with Gasteiger partial charge in [-0.1, -0.05) is 122 Å². The second-order valence-electron chi connectivity index (χ2n) is 13.9.